The summed E-state index contributed by atoms with van der Waals surface area (Å²) in [6.45, 7) is -1.18. The monoisotopic (exact) mass is 546 g/mol. The lowest BCUT2D eigenvalue weighted by Gasteiger charge is -2.22. The number of amides is 1. The van der Waals surface area contributed by atoms with Crippen molar-refractivity contribution in [2.24, 2.45) is 0 Å². The summed E-state index contributed by atoms with van der Waals surface area (Å²) >= 11 is 0. The minimum atomic E-state index is -5.11. The van der Waals surface area contributed by atoms with E-state index in [9.17, 15) is 39.6 Å². The third kappa shape index (κ3) is 7.23. The highest BCUT2D eigenvalue weighted by Gasteiger charge is 2.37. The fourth-order valence-electron chi connectivity index (χ4n) is 3.30. The number of hydrogen-bond donors (Lipinski definition) is 1. The van der Waals surface area contributed by atoms with Crippen molar-refractivity contribution >= 4 is 21.6 Å². The number of anilines is 1. The number of nitrogens with zero attached hydrogens (tertiary/aromatic N) is 1. The van der Waals surface area contributed by atoms with Gasteiger partial charge in [0, 0.05) is 12.2 Å². The van der Waals surface area contributed by atoms with Crippen molar-refractivity contribution in [3.05, 3.63) is 89.5 Å². The maximum absolute atomic E-state index is 13.3. The Morgan fingerprint density at radius 2 is 1.41 bits per heavy atom. The number of sulfonamides is 1. The number of ether oxygens (including phenoxy) is 1. The van der Waals surface area contributed by atoms with Crippen molar-refractivity contribution in [3.8, 4) is 5.75 Å². The number of rotatable bonds is 8. The minimum Gasteiger partial charge on any atom is -0.497 e. The summed E-state index contributed by atoms with van der Waals surface area (Å²) in [5.74, 6) is -0.767. The first kappa shape index (κ1) is 28.0. The van der Waals surface area contributed by atoms with Gasteiger partial charge in [0.2, 0.25) is 15.9 Å². The zero-order chi connectivity index (χ0) is 27.4. The van der Waals surface area contributed by atoms with Crippen LogP contribution < -0.4 is 10.1 Å². The molecule has 0 unspecified atom stereocenters. The van der Waals surface area contributed by atoms with Gasteiger partial charge in [-0.25, -0.2) is 8.42 Å². The van der Waals surface area contributed by atoms with E-state index in [1.165, 1.54) is 31.4 Å². The molecule has 0 saturated carbocycles. The van der Waals surface area contributed by atoms with Crippen molar-refractivity contribution in [1.82, 2.24) is 4.31 Å². The highest BCUT2D eigenvalue weighted by Crippen LogP contribution is 2.37. The third-order valence-corrected chi connectivity index (χ3v) is 6.90. The molecule has 6 nitrogen and oxygen atoms in total. The number of methoxy groups -OCH3 is 1. The van der Waals surface area contributed by atoms with Crippen LogP contribution >= 0.6 is 0 Å². The van der Waals surface area contributed by atoms with E-state index in [4.69, 9.17) is 4.74 Å². The van der Waals surface area contributed by atoms with Gasteiger partial charge in [-0.05, 0) is 48.0 Å². The van der Waals surface area contributed by atoms with E-state index >= 15 is 0 Å². The Kier molecular flexibility index (Phi) is 8.18. The molecule has 0 saturated heterocycles. The topological polar surface area (TPSA) is 75.7 Å². The lowest BCUT2D eigenvalue weighted by molar-refractivity contribution is -0.143. The predicted molar refractivity (Wildman–Crippen MR) is 122 cm³/mol. The summed E-state index contributed by atoms with van der Waals surface area (Å²) in [5, 5.41) is 1.96. The van der Waals surface area contributed by atoms with Crippen molar-refractivity contribution in [2.75, 3.05) is 19.0 Å². The molecule has 0 radical (unpaired) electrons. The van der Waals surface area contributed by atoms with Crippen LogP contribution in [0.15, 0.2) is 77.7 Å². The van der Waals surface area contributed by atoms with Gasteiger partial charge in [0.15, 0.2) is 0 Å². The van der Waals surface area contributed by atoms with Gasteiger partial charge in [0.1, 0.15) is 5.75 Å². The molecule has 0 atom stereocenters. The average Bonchev–Trinajstić information content (AvgIpc) is 2.83. The van der Waals surface area contributed by atoms with Crippen LogP contribution in [0.25, 0.3) is 0 Å². The van der Waals surface area contributed by atoms with E-state index in [0.29, 0.717) is 23.4 Å². The van der Waals surface area contributed by atoms with Gasteiger partial charge in [-0.2, -0.15) is 30.6 Å². The summed E-state index contributed by atoms with van der Waals surface area (Å²) in [4.78, 5) is 12.5. The van der Waals surface area contributed by atoms with Crippen molar-refractivity contribution < 1.29 is 44.3 Å². The maximum Gasteiger partial charge on any atom is 0.416 e. The number of nitrogens with one attached hydrogen (secondary N) is 1. The molecule has 3 aromatic carbocycles. The molecular formula is C24H20F6N2O4S. The molecule has 0 fully saturated rings. The van der Waals surface area contributed by atoms with Crippen LogP contribution in [0.5, 0.6) is 5.75 Å². The lowest BCUT2D eigenvalue weighted by atomic mass is 10.1. The molecule has 37 heavy (non-hydrogen) atoms. The zero-order valence-electron chi connectivity index (χ0n) is 19.1. The second-order valence-electron chi connectivity index (χ2n) is 7.78. The summed E-state index contributed by atoms with van der Waals surface area (Å²) in [6.07, 6.45) is -10.2. The lowest BCUT2D eigenvalue weighted by Crippen LogP contribution is -2.37. The molecule has 0 aliphatic carbocycles. The third-order valence-electron chi connectivity index (χ3n) is 5.09. The van der Waals surface area contributed by atoms with Crippen LogP contribution in [-0.2, 0) is 33.7 Å². The van der Waals surface area contributed by atoms with E-state index in [0.717, 1.165) is 4.31 Å². The van der Waals surface area contributed by atoms with E-state index in [2.05, 4.69) is 0 Å². The van der Waals surface area contributed by atoms with Gasteiger partial charge in [-0.15, -0.1) is 0 Å². The molecule has 0 aliphatic rings. The largest absolute Gasteiger partial charge is 0.497 e. The molecule has 0 bridgehead atoms. The van der Waals surface area contributed by atoms with Gasteiger partial charge >= 0.3 is 12.4 Å². The van der Waals surface area contributed by atoms with Gasteiger partial charge in [0.05, 0.1) is 29.7 Å². The molecule has 1 N–H and O–H groups in total. The number of alkyl halides is 6. The Hall–Kier alpha value is -3.58. The van der Waals surface area contributed by atoms with Gasteiger partial charge in [0.25, 0.3) is 0 Å². The van der Waals surface area contributed by atoms with Crippen LogP contribution in [-0.4, -0.2) is 32.3 Å². The molecule has 0 spiro atoms. The Bertz CT molecular complexity index is 1310. The van der Waals surface area contributed by atoms with E-state index in [1.807, 2.05) is 5.32 Å². The fourth-order valence-corrected chi connectivity index (χ4v) is 4.68. The first-order chi connectivity index (χ1) is 17.2. The average molecular weight is 546 g/mol. The highest BCUT2D eigenvalue weighted by molar-refractivity contribution is 7.89. The van der Waals surface area contributed by atoms with Crippen molar-refractivity contribution in [3.63, 3.8) is 0 Å². The summed E-state index contributed by atoms with van der Waals surface area (Å²) in [7, 11) is -2.93. The van der Waals surface area contributed by atoms with E-state index in [1.54, 1.807) is 30.3 Å². The standard InChI is InChI=1S/C24H20F6N2O4S/c1-36-20-7-9-21(10-8-20)37(34,35)32(14-16-5-3-2-4-6-16)15-22(33)31-19-12-17(23(25,26)27)11-18(13-19)24(28,29)30/h2-13H,14-15H2,1H3,(H,31,33). The van der Waals surface area contributed by atoms with E-state index in [-0.39, 0.29) is 17.5 Å². The molecule has 3 rings (SSSR count). The molecule has 0 aromatic heterocycles. The van der Waals surface area contributed by atoms with Gasteiger partial charge < -0.3 is 10.1 Å². The van der Waals surface area contributed by atoms with Crippen LogP contribution in [0.3, 0.4) is 0 Å². The Morgan fingerprint density at radius 3 is 1.89 bits per heavy atom. The zero-order valence-corrected chi connectivity index (χ0v) is 19.9. The first-order valence-electron chi connectivity index (χ1n) is 10.5. The SMILES string of the molecule is COc1ccc(S(=O)(=O)N(CC(=O)Nc2cc(C(F)(F)F)cc(C(F)(F)F)c2)Cc2ccccc2)cc1. The van der Waals surface area contributed by atoms with Gasteiger partial charge in [-0.3, -0.25) is 4.79 Å². The second kappa shape index (κ2) is 10.8. The number of hydrogen-bond acceptors (Lipinski definition) is 4. The summed E-state index contributed by atoms with van der Waals surface area (Å²) in [6, 6.07) is 14.0. The molecule has 0 aliphatic heterocycles. The minimum absolute atomic E-state index is 0.0779. The molecule has 3 aromatic rings. The Morgan fingerprint density at radius 1 is 0.865 bits per heavy atom. The van der Waals surface area contributed by atoms with Crippen molar-refractivity contribution in [2.45, 2.75) is 23.8 Å². The number of benzene rings is 3. The maximum atomic E-state index is 13.3. The Balaban J connectivity index is 1.93. The van der Waals surface area contributed by atoms with E-state index < -0.39 is 51.6 Å². The van der Waals surface area contributed by atoms with Crippen LogP contribution in [0.1, 0.15) is 16.7 Å². The van der Waals surface area contributed by atoms with Crippen LogP contribution in [0.2, 0.25) is 0 Å². The molecule has 1 amide bonds. The highest BCUT2D eigenvalue weighted by atomic mass is 32.2. The summed E-state index contributed by atoms with van der Waals surface area (Å²) < 4.78 is 111. The smallest absolute Gasteiger partial charge is 0.416 e. The van der Waals surface area contributed by atoms with Crippen molar-refractivity contribution in [1.29, 1.82) is 0 Å². The van der Waals surface area contributed by atoms with Crippen LogP contribution in [0.4, 0.5) is 32.0 Å². The number of carbonyl (C=O) groups excluding carboxylic acids is 1. The molecule has 198 valence electrons. The fraction of sp³-hybridized carbons (Fsp3) is 0.208. The van der Waals surface area contributed by atoms with Crippen LogP contribution in [0, 0.1) is 0 Å². The molecular weight excluding hydrogens is 526 g/mol. The normalized spacial score (nSPS) is 12.4. The number of halogens is 6. The first-order valence-corrected chi connectivity index (χ1v) is 11.9. The predicted octanol–water partition coefficient (Wildman–Crippen LogP) is 5.56. The Labute approximate surface area is 208 Å². The second-order valence-corrected chi connectivity index (χ2v) is 9.71. The molecule has 13 heteroatoms. The molecule has 0 heterocycles. The quantitative estimate of drug-likeness (QED) is 0.376. The van der Waals surface area contributed by atoms with Gasteiger partial charge in [-0.1, -0.05) is 30.3 Å². The summed E-state index contributed by atoms with van der Waals surface area (Å²) in [5.41, 5.74) is -3.53. The number of carbonyl (C=O) groups is 1.